The van der Waals surface area contributed by atoms with Gasteiger partial charge in [-0.25, -0.2) is 4.68 Å². The number of rotatable bonds is 3. The number of tetrazole rings is 1. The van der Waals surface area contributed by atoms with Crippen LogP contribution in [0.1, 0.15) is 38.1 Å². The smallest absolute Gasteiger partial charge is 0.233 e. The Hall–Kier alpha value is -1.11. The summed E-state index contributed by atoms with van der Waals surface area (Å²) < 4.78 is 1.86. The quantitative estimate of drug-likeness (QED) is 0.861. The molecule has 1 saturated heterocycles. The minimum absolute atomic E-state index is 0.0407. The van der Waals surface area contributed by atoms with Crippen LogP contribution in [0, 0.1) is 0 Å². The van der Waals surface area contributed by atoms with E-state index in [2.05, 4.69) is 20.8 Å². The summed E-state index contributed by atoms with van der Waals surface area (Å²) >= 11 is 1.50. The summed E-state index contributed by atoms with van der Waals surface area (Å²) in [6.07, 6.45) is 5.36. The van der Waals surface area contributed by atoms with E-state index in [-0.39, 0.29) is 11.2 Å². The highest BCUT2D eigenvalue weighted by Crippen LogP contribution is 2.37. The van der Waals surface area contributed by atoms with Gasteiger partial charge in [-0.05, 0) is 36.1 Å². The van der Waals surface area contributed by atoms with Crippen LogP contribution < -0.4 is 5.32 Å². The van der Waals surface area contributed by atoms with Crippen molar-refractivity contribution in [1.29, 1.82) is 0 Å². The highest BCUT2D eigenvalue weighted by Gasteiger charge is 2.30. The first-order chi connectivity index (χ1) is 8.34. The SMILES string of the molecule is O=C1NCCCC[C@H]1Sc1nnnn1C1CC1. The Labute approximate surface area is 104 Å². The van der Waals surface area contributed by atoms with Gasteiger partial charge in [-0.1, -0.05) is 18.2 Å². The molecule has 0 unspecified atom stereocenters. The highest BCUT2D eigenvalue weighted by atomic mass is 32.2. The molecule has 2 fully saturated rings. The summed E-state index contributed by atoms with van der Waals surface area (Å²) in [5.74, 6) is 0.123. The second-order valence-corrected chi connectivity index (χ2v) is 5.70. The molecule has 2 heterocycles. The second kappa shape index (κ2) is 4.64. The number of hydrogen-bond donors (Lipinski definition) is 1. The van der Waals surface area contributed by atoms with E-state index in [1.54, 1.807) is 0 Å². The van der Waals surface area contributed by atoms with Gasteiger partial charge in [0.15, 0.2) is 0 Å². The first-order valence-corrected chi connectivity index (χ1v) is 6.95. The van der Waals surface area contributed by atoms with Gasteiger partial charge in [-0.2, -0.15) is 0 Å². The van der Waals surface area contributed by atoms with E-state index in [4.69, 9.17) is 0 Å². The third-order valence-electron chi connectivity index (χ3n) is 3.09. The molecule has 1 aromatic rings. The molecule has 1 aromatic heterocycles. The third kappa shape index (κ3) is 2.43. The van der Waals surface area contributed by atoms with E-state index in [1.807, 2.05) is 4.68 Å². The molecule has 7 heteroatoms. The van der Waals surface area contributed by atoms with Crippen molar-refractivity contribution >= 4 is 17.7 Å². The topological polar surface area (TPSA) is 72.7 Å². The predicted octanol–water partition coefficient (Wildman–Crippen LogP) is 0.769. The van der Waals surface area contributed by atoms with Gasteiger partial charge < -0.3 is 5.32 Å². The Bertz CT molecular complexity index is 417. The molecule has 0 spiro atoms. The van der Waals surface area contributed by atoms with E-state index in [0.717, 1.165) is 43.8 Å². The number of aromatic nitrogens is 4. The van der Waals surface area contributed by atoms with Crippen molar-refractivity contribution < 1.29 is 4.79 Å². The lowest BCUT2D eigenvalue weighted by Crippen LogP contribution is -2.30. The minimum atomic E-state index is -0.0407. The van der Waals surface area contributed by atoms with Crippen LogP contribution in [0.15, 0.2) is 5.16 Å². The molecule has 0 bridgehead atoms. The van der Waals surface area contributed by atoms with Gasteiger partial charge in [-0.3, -0.25) is 4.79 Å². The molecule has 92 valence electrons. The molecule has 1 N–H and O–H groups in total. The summed E-state index contributed by atoms with van der Waals surface area (Å²) in [7, 11) is 0. The molecule has 0 aromatic carbocycles. The first kappa shape index (κ1) is 11.0. The molecule has 1 aliphatic heterocycles. The summed E-state index contributed by atoms with van der Waals surface area (Å²) in [5, 5.41) is 15.4. The zero-order chi connectivity index (χ0) is 11.7. The largest absolute Gasteiger partial charge is 0.355 e. The molecule has 0 radical (unpaired) electrons. The maximum absolute atomic E-state index is 11.8. The van der Waals surface area contributed by atoms with Gasteiger partial charge in [0.25, 0.3) is 0 Å². The van der Waals surface area contributed by atoms with E-state index in [9.17, 15) is 4.79 Å². The lowest BCUT2D eigenvalue weighted by Gasteiger charge is -2.11. The Kier molecular flexibility index (Phi) is 3.00. The first-order valence-electron chi connectivity index (χ1n) is 6.07. The van der Waals surface area contributed by atoms with Gasteiger partial charge in [0.05, 0.1) is 11.3 Å². The van der Waals surface area contributed by atoms with Crippen LogP contribution in [-0.2, 0) is 4.79 Å². The fraction of sp³-hybridized carbons (Fsp3) is 0.800. The van der Waals surface area contributed by atoms with Gasteiger partial charge in [0, 0.05) is 6.54 Å². The van der Waals surface area contributed by atoms with E-state index < -0.39 is 0 Å². The molecule has 3 rings (SSSR count). The zero-order valence-electron chi connectivity index (χ0n) is 9.50. The molecule has 1 atom stereocenters. The van der Waals surface area contributed by atoms with Gasteiger partial charge in [0.2, 0.25) is 11.1 Å². The van der Waals surface area contributed by atoms with E-state index >= 15 is 0 Å². The monoisotopic (exact) mass is 253 g/mol. The molecule has 2 aliphatic rings. The van der Waals surface area contributed by atoms with Crippen LogP contribution >= 0.6 is 11.8 Å². The van der Waals surface area contributed by atoms with E-state index in [0.29, 0.717) is 6.04 Å². The highest BCUT2D eigenvalue weighted by molar-refractivity contribution is 8.00. The van der Waals surface area contributed by atoms with Crippen molar-refractivity contribution in [3.05, 3.63) is 0 Å². The van der Waals surface area contributed by atoms with Crippen LogP contribution in [0.25, 0.3) is 0 Å². The predicted molar refractivity (Wildman–Crippen MR) is 62.6 cm³/mol. The fourth-order valence-corrected chi connectivity index (χ4v) is 3.07. The molecule has 1 amide bonds. The zero-order valence-corrected chi connectivity index (χ0v) is 10.3. The average molecular weight is 253 g/mol. The Morgan fingerprint density at radius 1 is 1.29 bits per heavy atom. The number of carbonyl (C=O) groups is 1. The van der Waals surface area contributed by atoms with Crippen molar-refractivity contribution in [3.63, 3.8) is 0 Å². The van der Waals surface area contributed by atoms with Gasteiger partial charge in [-0.15, -0.1) is 5.10 Å². The summed E-state index contributed by atoms with van der Waals surface area (Å²) in [6.45, 7) is 0.795. The maximum Gasteiger partial charge on any atom is 0.233 e. The lowest BCUT2D eigenvalue weighted by molar-refractivity contribution is -0.120. The van der Waals surface area contributed by atoms with Gasteiger partial charge >= 0.3 is 0 Å². The maximum atomic E-state index is 11.8. The number of carbonyl (C=O) groups excluding carboxylic acids is 1. The summed E-state index contributed by atoms with van der Waals surface area (Å²) in [4.78, 5) is 11.8. The molecule has 1 saturated carbocycles. The van der Waals surface area contributed by atoms with Crippen LogP contribution in [0.2, 0.25) is 0 Å². The van der Waals surface area contributed by atoms with Crippen molar-refractivity contribution in [2.24, 2.45) is 0 Å². The number of nitrogens with zero attached hydrogens (tertiary/aromatic N) is 4. The lowest BCUT2D eigenvalue weighted by atomic mass is 10.2. The van der Waals surface area contributed by atoms with Crippen molar-refractivity contribution in [1.82, 2.24) is 25.5 Å². The normalized spacial score (nSPS) is 25.4. The number of thioether (sulfide) groups is 1. The van der Waals surface area contributed by atoms with Crippen LogP contribution in [0.5, 0.6) is 0 Å². The Morgan fingerprint density at radius 3 is 3.00 bits per heavy atom. The summed E-state index contributed by atoms with van der Waals surface area (Å²) in [6, 6.07) is 0.460. The van der Waals surface area contributed by atoms with Crippen molar-refractivity contribution in [2.45, 2.75) is 48.6 Å². The second-order valence-electron chi connectivity index (χ2n) is 4.53. The number of hydrogen-bond acceptors (Lipinski definition) is 5. The number of amides is 1. The van der Waals surface area contributed by atoms with Gasteiger partial charge in [0.1, 0.15) is 0 Å². The van der Waals surface area contributed by atoms with E-state index in [1.165, 1.54) is 11.8 Å². The molecular weight excluding hydrogens is 238 g/mol. The Morgan fingerprint density at radius 2 is 2.18 bits per heavy atom. The average Bonchev–Trinajstić information content (AvgIpc) is 3.09. The Balaban J connectivity index is 1.71. The molecule has 17 heavy (non-hydrogen) atoms. The fourth-order valence-electron chi connectivity index (χ4n) is 1.96. The van der Waals surface area contributed by atoms with Crippen LogP contribution in [0.3, 0.4) is 0 Å². The van der Waals surface area contributed by atoms with Crippen LogP contribution in [0.4, 0.5) is 0 Å². The standard InChI is InChI=1S/C10H15N5OS/c16-9-8(3-1-2-6-11-9)17-10-12-13-14-15(10)7-4-5-7/h7-8H,1-6H2,(H,11,16)/t8-/m1/s1. The molecule has 1 aliphatic carbocycles. The molecule has 6 nitrogen and oxygen atoms in total. The van der Waals surface area contributed by atoms with Crippen molar-refractivity contribution in [2.75, 3.05) is 6.54 Å². The van der Waals surface area contributed by atoms with Crippen molar-refractivity contribution in [3.8, 4) is 0 Å². The number of nitrogens with one attached hydrogen (secondary N) is 1. The molecular formula is C10H15N5OS. The van der Waals surface area contributed by atoms with Crippen LogP contribution in [-0.4, -0.2) is 37.9 Å². The minimum Gasteiger partial charge on any atom is -0.355 e. The summed E-state index contributed by atoms with van der Waals surface area (Å²) in [5.41, 5.74) is 0. The third-order valence-corrected chi connectivity index (χ3v) is 4.30.